The van der Waals surface area contributed by atoms with E-state index in [4.69, 9.17) is 4.74 Å². The number of para-hydroxylation sites is 2. The van der Waals surface area contributed by atoms with Gasteiger partial charge in [-0.25, -0.2) is 0 Å². The molecule has 0 aromatic heterocycles. The van der Waals surface area contributed by atoms with Crippen LogP contribution in [0.25, 0.3) is 0 Å². The number of hydrogen-bond acceptors (Lipinski definition) is 2. The standard InChI is InChI=1S/C19H23NO2/c1-19(2,3)15-11-7-6-10-14(15)18(21)20(4)16-12-8-9-13-17(16)22-5/h6-13H,1-5H3. The maximum absolute atomic E-state index is 13.0. The van der Waals surface area contributed by atoms with Crippen LogP contribution < -0.4 is 9.64 Å². The van der Waals surface area contributed by atoms with Gasteiger partial charge in [-0.15, -0.1) is 0 Å². The summed E-state index contributed by atoms with van der Waals surface area (Å²) in [5, 5.41) is 0. The van der Waals surface area contributed by atoms with Gasteiger partial charge in [-0.1, -0.05) is 51.1 Å². The molecule has 0 unspecified atom stereocenters. The lowest BCUT2D eigenvalue weighted by Crippen LogP contribution is -2.29. The molecule has 3 heteroatoms. The molecule has 3 nitrogen and oxygen atoms in total. The smallest absolute Gasteiger partial charge is 0.258 e. The zero-order valence-electron chi connectivity index (χ0n) is 13.9. The van der Waals surface area contributed by atoms with Gasteiger partial charge in [0, 0.05) is 12.6 Å². The Kier molecular flexibility index (Phi) is 4.55. The van der Waals surface area contributed by atoms with Crippen molar-refractivity contribution < 1.29 is 9.53 Å². The SMILES string of the molecule is COc1ccccc1N(C)C(=O)c1ccccc1C(C)(C)C. The van der Waals surface area contributed by atoms with E-state index in [2.05, 4.69) is 20.8 Å². The highest BCUT2D eigenvalue weighted by Gasteiger charge is 2.24. The summed E-state index contributed by atoms with van der Waals surface area (Å²) < 4.78 is 5.36. The van der Waals surface area contributed by atoms with Crippen LogP contribution in [0.1, 0.15) is 36.7 Å². The van der Waals surface area contributed by atoms with Gasteiger partial charge in [0.15, 0.2) is 0 Å². The van der Waals surface area contributed by atoms with E-state index in [0.29, 0.717) is 5.75 Å². The third-order valence-electron chi connectivity index (χ3n) is 3.72. The molecule has 1 amide bonds. The summed E-state index contributed by atoms with van der Waals surface area (Å²) in [4.78, 5) is 14.6. The first kappa shape index (κ1) is 16.1. The summed E-state index contributed by atoms with van der Waals surface area (Å²) in [5.41, 5.74) is 2.44. The van der Waals surface area contributed by atoms with E-state index in [1.54, 1.807) is 19.1 Å². The first-order valence-corrected chi connectivity index (χ1v) is 7.37. The highest BCUT2D eigenvalue weighted by atomic mass is 16.5. The van der Waals surface area contributed by atoms with Crippen LogP contribution in [0.4, 0.5) is 5.69 Å². The fraction of sp³-hybridized carbons (Fsp3) is 0.316. The molecular formula is C19H23NO2. The number of nitrogens with zero attached hydrogens (tertiary/aromatic N) is 1. The number of hydrogen-bond donors (Lipinski definition) is 0. The van der Waals surface area contributed by atoms with Crippen molar-refractivity contribution >= 4 is 11.6 Å². The number of ether oxygens (including phenoxy) is 1. The van der Waals surface area contributed by atoms with Crippen molar-refractivity contribution in [1.82, 2.24) is 0 Å². The second-order valence-corrected chi connectivity index (χ2v) is 6.33. The highest BCUT2D eigenvalue weighted by Crippen LogP contribution is 2.31. The number of amides is 1. The van der Waals surface area contributed by atoms with Crippen LogP contribution in [0.15, 0.2) is 48.5 Å². The van der Waals surface area contributed by atoms with Gasteiger partial charge in [0.05, 0.1) is 12.8 Å². The third-order valence-corrected chi connectivity index (χ3v) is 3.72. The molecule has 0 radical (unpaired) electrons. The van der Waals surface area contributed by atoms with Crippen LogP contribution in [0.3, 0.4) is 0 Å². The van der Waals surface area contributed by atoms with Gasteiger partial charge in [0.2, 0.25) is 0 Å². The van der Waals surface area contributed by atoms with E-state index in [-0.39, 0.29) is 11.3 Å². The minimum atomic E-state index is -0.0894. The Morgan fingerprint density at radius 1 is 1.00 bits per heavy atom. The van der Waals surface area contributed by atoms with Gasteiger partial charge in [0.1, 0.15) is 5.75 Å². The van der Waals surface area contributed by atoms with Crippen molar-refractivity contribution in [2.24, 2.45) is 0 Å². The molecule has 0 N–H and O–H groups in total. The van der Waals surface area contributed by atoms with Crippen LogP contribution in [-0.2, 0) is 5.41 Å². The maximum Gasteiger partial charge on any atom is 0.258 e. The van der Waals surface area contributed by atoms with E-state index in [9.17, 15) is 4.79 Å². The van der Waals surface area contributed by atoms with Gasteiger partial charge >= 0.3 is 0 Å². The molecule has 2 aromatic carbocycles. The Hall–Kier alpha value is -2.29. The third kappa shape index (κ3) is 3.14. The molecule has 0 aliphatic carbocycles. The summed E-state index contributed by atoms with van der Waals surface area (Å²) in [5.74, 6) is 0.654. The molecule has 0 saturated carbocycles. The number of rotatable bonds is 3. The van der Waals surface area contributed by atoms with Crippen molar-refractivity contribution in [3.8, 4) is 5.75 Å². The molecule has 2 rings (SSSR count). The van der Waals surface area contributed by atoms with E-state index < -0.39 is 0 Å². The summed E-state index contributed by atoms with van der Waals surface area (Å²) in [6.07, 6.45) is 0. The lowest BCUT2D eigenvalue weighted by atomic mass is 9.83. The summed E-state index contributed by atoms with van der Waals surface area (Å²) >= 11 is 0. The van der Waals surface area contributed by atoms with Crippen LogP contribution in [-0.4, -0.2) is 20.1 Å². The van der Waals surface area contributed by atoms with Crippen LogP contribution in [0.2, 0.25) is 0 Å². The van der Waals surface area contributed by atoms with Crippen molar-refractivity contribution in [2.75, 3.05) is 19.1 Å². The van der Waals surface area contributed by atoms with E-state index in [0.717, 1.165) is 16.8 Å². The summed E-state index contributed by atoms with van der Waals surface area (Å²) in [7, 11) is 3.39. The molecule has 2 aromatic rings. The topological polar surface area (TPSA) is 29.5 Å². The van der Waals surface area contributed by atoms with Crippen molar-refractivity contribution in [3.63, 3.8) is 0 Å². The first-order chi connectivity index (χ1) is 10.4. The Morgan fingerprint density at radius 2 is 1.59 bits per heavy atom. The maximum atomic E-state index is 13.0. The van der Waals surface area contributed by atoms with Gasteiger partial charge < -0.3 is 9.64 Å². The predicted octanol–water partition coefficient (Wildman–Crippen LogP) is 4.27. The van der Waals surface area contributed by atoms with Crippen LogP contribution in [0, 0.1) is 0 Å². The molecule has 0 fully saturated rings. The Labute approximate surface area is 132 Å². The monoisotopic (exact) mass is 297 g/mol. The normalized spacial score (nSPS) is 11.1. The number of anilines is 1. The average Bonchev–Trinajstić information content (AvgIpc) is 2.52. The molecule has 22 heavy (non-hydrogen) atoms. The molecule has 0 saturated heterocycles. The van der Waals surface area contributed by atoms with E-state index in [1.165, 1.54) is 0 Å². The minimum Gasteiger partial charge on any atom is -0.495 e. The second kappa shape index (κ2) is 6.22. The fourth-order valence-electron chi connectivity index (χ4n) is 2.52. The molecule has 0 heterocycles. The van der Waals surface area contributed by atoms with Crippen LogP contribution in [0.5, 0.6) is 5.75 Å². The Morgan fingerprint density at radius 3 is 2.23 bits per heavy atom. The zero-order valence-corrected chi connectivity index (χ0v) is 13.9. The van der Waals surface area contributed by atoms with Gasteiger partial charge in [-0.05, 0) is 29.2 Å². The minimum absolute atomic E-state index is 0.0324. The molecule has 0 atom stereocenters. The Balaban J connectivity index is 2.45. The largest absolute Gasteiger partial charge is 0.495 e. The number of carbonyl (C=O) groups is 1. The molecule has 0 bridgehead atoms. The van der Waals surface area contributed by atoms with Crippen molar-refractivity contribution in [1.29, 1.82) is 0 Å². The number of methoxy groups -OCH3 is 1. The van der Waals surface area contributed by atoms with E-state index >= 15 is 0 Å². The second-order valence-electron chi connectivity index (χ2n) is 6.33. The molecule has 0 aliphatic rings. The van der Waals surface area contributed by atoms with Crippen LogP contribution >= 0.6 is 0 Å². The van der Waals surface area contributed by atoms with Crippen molar-refractivity contribution in [3.05, 3.63) is 59.7 Å². The molecular weight excluding hydrogens is 274 g/mol. The van der Waals surface area contributed by atoms with Crippen molar-refractivity contribution in [2.45, 2.75) is 26.2 Å². The highest BCUT2D eigenvalue weighted by molar-refractivity contribution is 6.07. The molecule has 0 spiro atoms. The van der Waals surface area contributed by atoms with Gasteiger partial charge in [-0.3, -0.25) is 4.79 Å². The number of benzene rings is 2. The van der Waals surface area contributed by atoms with E-state index in [1.807, 2.05) is 48.5 Å². The molecule has 116 valence electrons. The lowest BCUT2D eigenvalue weighted by molar-refractivity contribution is 0.0990. The predicted molar refractivity (Wildman–Crippen MR) is 90.9 cm³/mol. The fourth-order valence-corrected chi connectivity index (χ4v) is 2.52. The summed E-state index contributed by atoms with van der Waals surface area (Å²) in [6.45, 7) is 6.34. The first-order valence-electron chi connectivity index (χ1n) is 7.37. The Bertz CT molecular complexity index is 671. The van der Waals surface area contributed by atoms with Gasteiger partial charge in [0.25, 0.3) is 5.91 Å². The average molecular weight is 297 g/mol. The summed E-state index contributed by atoms with van der Waals surface area (Å²) in [6, 6.07) is 15.3. The zero-order chi connectivity index (χ0) is 16.3. The quantitative estimate of drug-likeness (QED) is 0.846. The molecule has 0 aliphatic heterocycles. The number of carbonyl (C=O) groups excluding carboxylic acids is 1. The van der Waals surface area contributed by atoms with Gasteiger partial charge in [-0.2, -0.15) is 0 Å². The lowest BCUT2D eigenvalue weighted by Gasteiger charge is -2.26.